The van der Waals surface area contributed by atoms with E-state index in [0.29, 0.717) is 35.7 Å². The lowest BCUT2D eigenvalue weighted by atomic mass is 10.0. The maximum Gasteiger partial charge on any atom is 0.344 e. The van der Waals surface area contributed by atoms with Gasteiger partial charge in [0.2, 0.25) is 0 Å². The lowest BCUT2D eigenvalue weighted by molar-refractivity contribution is -0.133. The van der Waals surface area contributed by atoms with Gasteiger partial charge < -0.3 is 9.80 Å². The van der Waals surface area contributed by atoms with E-state index in [1.165, 1.54) is 41.0 Å². The van der Waals surface area contributed by atoms with Gasteiger partial charge >= 0.3 is 5.69 Å². The van der Waals surface area contributed by atoms with Crippen molar-refractivity contribution < 1.29 is 13.2 Å². The monoisotopic (exact) mass is 646 g/mol. The molecule has 0 bridgehead atoms. The molecule has 3 aromatic carbocycles. The first-order valence-electron chi connectivity index (χ1n) is 13.6. The van der Waals surface area contributed by atoms with Crippen molar-refractivity contribution in [1.29, 1.82) is 5.26 Å². The fourth-order valence-electron chi connectivity index (χ4n) is 5.42. The zero-order valence-electron chi connectivity index (χ0n) is 23.0. The minimum Gasteiger partial charge on any atom is -0.368 e. The molecule has 1 fully saturated rings. The molecule has 6 rings (SSSR count). The molecule has 1 aliphatic rings. The van der Waals surface area contributed by atoms with E-state index in [-0.39, 0.29) is 37.4 Å². The molecule has 0 saturated carbocycles. The van der Waals surface area contributed by atoms with Crippen molar-refractivity contribution in [2.24, 2.45) is 0 Å². The van der Waals surface area contributed by atoms with Crippen LogP contribution in [0.3, 0.4) is 0 Å². The molecule has 10 nitrogen and oxygen atoms in total. The molecule has 2 aromatic heterocycles. The molecule has 1 aliphatic heterocycles. The summed E-state index contributed by atoms with van der Waals surface area (Å²) in [6, 6.07) is 21.2. The van der Waals surface area contributed by atoms with Crippen LogP contribution in [0.4, 0.5) is 5.69 Å². The number of rotatable bonds is 6. The number of nitriles is 1. The van der Waals surface area contributed by atoms with Crippen molar-refractivity contribution in [2.45, 2.75) is 10.9 Å². The minimum atomic E-state index is -4.50. The second-order valence-corrected chi connectivity index (χ2v) is 12.7. The molecule has 1 unspecified atom stereocenters. The summed E-state index contributed by atoms with van der Waals surface area (Å²) in [5.41, 5.74) is 0.875. The van der Waals surface area contributed by atoms with Gasteiger partial charge in [-0.2, -0.15) is 9.23 Å². The number of imidazole rings is 1. The normalized spacial score (nSPS) is 14.4. The molecule has 3 heterocycles. The van der Waals surface area contributed by atoms with Gasteiger partial charge in [0.25, 0.3) is 15.9 Å². The first-order valence-corrected chi connectivity index (χ1v) is 15.8. The SMILES string of the molecule is N#Cc1ccc(S(=O)(=O)n2c(=O)n(C(C(=O)N3CCN(c4ccncc4)CC3)c3ccccc3)c3cc(Cl)c(Cl)cc32)cc1. The number of aromatic nitrogens is 3. The Morgan fingerprint density at radius 1 is 0.864 bits per heavy atom. The van der Waals surface area contributed by atoms with Crippen LogP contribution < -0.4 is 10.6 Å². The van der Waals surface area contributed by atoms with E-state index in [1.807, 2.05) is 18.2 Å². The van der Waals surface area contributed by atoms with Gasteiger partial charge in [0, 0.05) is 44.3 Å². The largest absolute Gasteiger partial charge is 0.368 e. The van der Waals surface area contributed by atoms with E-state index < -0.39 is 21.8 Å². The Labute approximate surface area is 263 Å². The van der Waals surface area contributed by atoms with Crippen LogP contribution >= 0.6 is 23.2 Å². The van der Waals surface area contributed by atoms with Gasteiger partial charge in [-0.15, -0.1) is 0 Å². The van der Waals surface area contributed by atoms with Gasteiger partial charge in [-0.3, -0.25) is 14.3 Å². The van der Waals surface area contributed by atoms with Gasteiger partial charge in [0.15, 0.2) is 0 Å². The van der Waals surface area contributed by atoms with Crippen LogP contribution in [-0.2, 0) is 14.8 Å². The highest BCUT2D eigenvalue weighted by molar-refractivity contribution is 7.90. The molecule has 1 amide bonds. The Balaban J connectivity index is 1.50. The summed E-state index contributed by atoms with van der Waals surface area (Å²) in [7, 11) is -4.50. The summed E-state index contributed by atoms with van der Waals surface area (Å²) < 4.78 is 29.7. The van der Waals surface area contributed by atoms with Crippen LogP contribution in [0.25, 0.3) is 11.0 Å². The van der Waals surface area contributed by atoms with Gasteiger partial charge in [-0.05, 0) is 54.1 Å². The first-order chi connectivity index (χ1) is 21.2. The Morgan fingerprint density at radius 2 is 1.48 bits per heavy atom. The minimum absolute atomic E-state index is 0.0370. The quantitative estimate of drug-likeness (QED) is 0.265. The number of carbonyl (C=O) groups is 1. The third-order valence-electron chi connectivity index (χ3n) is 7.62. The summed E-state index contributed by atoms with van der Waals surface area (Å²) in [6.07, 6.45) is 3.42. The zero-order valence-corrected chi connectivity index (χ0v) is 25.4. The van der Waals surface area contributed by atoms with Crippen LogP contribution in [0.1, 0.15) is 17.2 Å². The van der Waals surface area contributed by atoms with Crippen molar-refractivity contribution in [2.75, 3.05) is 31.1 Å². The fourth-order valence-corrected chi connectivity index (χ4v) is 7.13. The maximum atomic E-state index is 14.4. The van der Waals surface area contributed by atoms with Crippen LogP contribution in [-0.4, -0.2) is 58.9 Å². The Bertz CT molecular complexity index is 2070. The van der Waals surface area contributed by atoms with E-state index in [9.17, 15) is 18.0 Å². The molecular weight excluding hydrogens is 623 g/mol. The number of nitrogens with zero attached hydrogens (tertiary/aromatic N) is 6. The second kappa shape index (κ2) is 11.8. The molecule has 5 aromatic rings. The predicted molar refractivity (Wildman–Crippen MR) is 168 cm³/mol. The number of anilines is 1. The summed E-state index contributed by atoms with van der Waals surface area (Å²) >= 11 is 12.7. The number of hydrogen-bond donors (Lipinski definition) is 0. The number of fused-ring (bicyclic) bond motifs is 1. The topological polar surface area (TPSA) is 121 Å². The summed E-state index contributed by atoms with van der Waals surface area (Å²) in [6.45, 7) is 1.88. The molecule has 1 saturated heterocycles. The van der Waals surface area contributed by atoms with Crippen LogP contribution in [0.2, 0.25) is 10.0 Å². The maximum absolute atomic E-state index is 14.4. The highest BCUT2D eigenvalue weighted by Crippen LogP contribution is 2.33. The van der Waals surface area contributed by atoms with Gasteiger partial charge in [0.1, 0.15) is 6.04 Å². The molecule has 222 valence electrons. The molecule has 0 N–H and O–H groups in total. The van der Waals surface area contributed by atoms with Crippen molar-refractivity contribution in [3.05, 3.63) is 123 Å². The second-order valence-electron chi connectivity index (χ2n) is 10.1. The highest BCUT2D eigenvalue weighted by Gasteiger charge is 2.35. The van der Waals surface area contributed by atoms with Gasteiger partial charge in [0.05, 0.1) is 37.6 Å². The number of pyridine rings is 1. The molecule has 0 radical (unpaired) electrons. The summed E-state index contributed by atoms with van der Waals surface area (Å²) in [5, 5.41) is 9.29. The molecular formula is C31H24Cl2N6O4S. The molecule has 13 heteroatoms. The molecule has 0 spiro atoms. The number of carbonyl (C=O) groups excluding carboxylic acids is 1. The van der Waals surface area contributed by atoms with Crippen molar-refractivity contribution in [3.8, 4) is 6.07 Å². The van der Waals surface area contributed by atoms with Gasteiger partial charge in [-0.1, -0.05) is 53.5 Å². The fraction of sp³-hybridized carbons (Fsp3) is 0.161. The van der Waals surface area contributed by atoms with Crippen molar-refractivity contribution >= 4 is 55.9 Å². The molecule has 0 aliphatic carbocycles. The lowest BCUT2D eigenvalue weighted by Crippen LogP contribution is -2.51. The Hall–Kier alpha value is -4.63. The highest BCUT2D eigenvalue weighted by atomic mass is 35.5. The van der Waals surface area contributed by atoms with E-state index >= 15 is 0 Å². The average molecular weight is 648 g/mol. The van der Waals surface area contributed by atoms with E-state index in [0.717, 1.165) is 5.69 Å². The standard InChI is InChI=1S/C31H24Cl2N6O4S/c32-25-18-27-28(19-26(25)33)39(44(42,43)24-8-6-21(20-34)7-9-24)31(41)38(27)29(22-4-2-1-3-5-22)30(40)37-16-14-36(15-17-37)23-10-12-35-13-11-23/h1-13,18-19,29H,14-17H2. The third-order valence-corrected chi connectivity index (χ3v) is 10.0. The first kappa shape index (κ1) is 29.4. The van der Waals surface area contributed by atoms with Crippen LogP contribution in [0.15, 0.2) is 101 Å². The van der Waals surface area contributed by atoms with E-state index in [1.54, 1.807) is 47.6 Å². The zero-order chi connectivity index (χ0) is 31.0. The number of hydrogen-bond acceptors (Lipinski definition) is 7. The third kappa shape index (κ3) is 5.21. The van der Waals surface area contributed by atoms with Crippen LogP contribution in [0, 0.1) is 11.3 Å². The smallest absolute Gasteiger partial charge is 0.344 e. The van der Waals surface area contributed by atoms with Crippen LogP contribution in [0.5, 0.6) is 0 Å². The Morgan fingerprint density at radius 3 is 2.09 bits per heavy atom. The molecule has 1 atom stereocenters. The molecule has 44 heavy (non-hydrogen) atoms. The lowest BCUT2D eigenvalue weighted by Gasteiger charge is -2.37. The van der Waals surface area contributed by atoms with E-state index in [4.69, 9.17) is 28.5 Å². The predicted octanol–water partition coefficient (Wildman–Crippen LogP) is 4.55. The number of halogens is 2. The van der Waals surface area contributed by atoms with Gasteiger partial charge in [-0.25, -0.2) is 13.2 Å². The summed E-state index contributed by atoms with van der Waals surface area (Å²) in [5.74, 6) is -0.367. The van der Waals surface area contributed by atoms with Crippen molar-refractivity contribution in [3.63, 3.8) is 0 Å². The summed E-state index contributed by atoms with van der Waals surface area (Å²) in [4.78, 5) is 36.4. The Kier molecular flexibility index (Phi) is 7.90. The number of benzene rings is 3. The number of piperazine rings is 1. The number of amides is 1. The van der Waals surface area contributed by atoms with Crippen molar-refractivity contribution in [1.82, 2.24) is 18.4 Å². The average Bonchev–Trinajstić information content (AvgIpc) is 3.33. The van der Waals surface area contributed by atoms with E-state index in [2.05, 4.69) is 9.88 Å².